The lowest BCUT2D eigenvalue weighted by atomic mass is 10.2. The average Bonchev–Trinajstić information content (AvgIpc) is 2.85. The third kappa shape index (κ3) is 3.56. The molecule has 0 saturated carbocycles. The number of hydrogen-bond acceptors (Lipinski definition) is 3. The molecule has 0 bridgehead atoms. The normalized spacial score (nSPS) is 18.3. The molecule has 2 rings (SSSR count). The van der Waals surface area contributed by atoms with Gasteiger partial charge in [0.1, 0.15) is 5.82 Å². The van der Waals surface area contributed by atoms with Gasteiger partial charge in [0.25, 0.3) is 0 Å². The van der Waals surface area contributed by atoms with Crippen molar-refractivity contribution in [3.8, 4) is 0 Å². The number of piperazine rings is 1. The average molecular weight is 250 g/mol. The van der Waals surface area contributed by atoms with Crippen LogP contribution < -0.4 is 0 Å². The Balaban J connectivity index is 1.76. The largest absolute Gasteiger partial charge is 0.334 e. The Morgan fingerprint density at radius 2 is 1.83 bits per heavy atom. The monoisotopic (exact) mass is 250 g/mol. The minimum atomic E-state index is 1.00. The molecule has 0 spiro atoms. The van der Waals surface area contributed by atoms with Crippen molar-refractivity contribution < 1.29 is 0 Å². The van der Waals surface area contributed by atoms with E-state index < -0.39 is 0 Å². The molecule has 0 N–H and O–H groups in total. The maximum absolute atomic E-state index is 4.46. The first-order chi connectivity index (χ1) is 8.83. The quantitative estimate of drug-likeness (QED) is 0.770. The van der Waals surface area contributed by atoms with Crippen molar-refractivity contribution in [3.05, 3.63) is 18.2 Å². The highest BCUT2D eigenvalue weighted by atomic mass is 15.3. The van der Waals surface area contributed by atoms with Crippen LogP contribution in [0.2, 0.25) is 0 Å². The van der Waals surface area contributed by atoms with Crippen molar-refractivity contribution in [2.75, 3.05) is 32.7 Å². The number of nitrogens with zero attached hydrogens (tertiary/aromatic N) is 4. The highest BCUT2D eigenvalue weighted by molar-refractivity contribution is 4.92. The molecule has 1 aliphatic heterocycles. The van der Waals surface area contributed by atoms with E-state index in [1.807, 2.05) is 6.20 Å². The molecule has 102 valence electrons. The van der Waals surface area contributed by atoms with Gasteiger partial charge in [0.2, 0.25) is 0 Å². The molecule has 1 saturated heterocycles. The van der Waals surface area contributed by atoms with Gasteiger partial charge in [-0.3, -0.25) is 4.90 Å². The zero-order valence-electron chi connectivity index (χ0n) is 11.8. The van der Waals surface area contributed by atoms with E-state index in [4.69, 9.17) is 0 Å². The Hall–Kier alpha value is -0.870. The highest BCUT2D eigenvalue weighted by Crippen LogP contribution is 2.08. The Bertz CT molecular complexity index is 339. The molecule has 4 heteroatoms. The number of unbranched alkanes of at least 4 members (excludes halogenated alkanes) is 1. The molecule has 18 heavy (non-hydrogen) atoms. The fraction of sp³-hybridized carbons (Fsp3) is 0.786. The summed E-state index contributed by atoms with van der Waals surface area (Å²) in [5.74, 6) is 1.21. The molecule has 1 aliphatic rings. The summed E-state index contributed by atoms with van der Waals surface area (Å²) >= 11 is 0. The summed E-state index contributed by atoms with van der Waals surface area (Å²) in [5.41, 5.74) is 0. The second-order valence-electron chi connectivity index (χ2n) is 5.10. The van der Waals surface area contributed by atoms with Gasteiger partial charge in [0.05, 0.1) is 6.54 Å². The first-order valence-electron chi connectivity index (χ1n) is 7.28. The number of hydrogen-bond donors (Lipinski definition) is 0. The molecule has 2 heterocycles. The van der Waals surface area contributed by atoms with E-state index in [0.29, 0.717) is 0 Å². The van der Waals surface area contributed by atoms with Crippen LogP contribution in [0.3, 0.4) is 0 Å². The molecule has 0 aromatic carbocycles. The predicted molar refractivity (Wildman–Crippen MR) is 74.5 cm³/mol. The predicted octanol–water partition coefficient (Wildman–Crippen LogP) is 1.82. The molecule has 0 unspecified atom stereocenters. The molecule has 0 atom stereocenters. The summed E-state index contributed by atoms with van der Waals surface area (Å²) in [7, 11) is 0. The van der Waals surface area contributed by atoms with Gasteiger partial charge in [-0.25, -0.2) is 4.98 Å². The molecule has 1 fully saturated rings. The smallest absolute Gasteiger partial charge is 0.122 e. The van der Waals surface area contributed by atoms with Crippen LogP contribution in [0.15, 0.2) is 12.4 Å². The van der Waals surface area contributed by atoms with Crippen molar-refractivity contribution in [2.45, 2.75) is 39.8 Å². The highest BCUT2D eigenvalue weighted by Gasteiger charge is 2.17. The van der Waals surface area contributed by atoms with E-state index in [-0.39, 0.29) is 0 Å². The molecular formula is C14H26N4. The summed E-state index contributed by atoms with van der Waals surface area (Å²) in [6.07, 6.45) is 6.62. The van der Waals surface area contributed by atoms with Crippen molar-refractivity contribution in [1.82, 2.24) is 19.4 Å². The van der Waals surface area contributed by atoms with Crippen LogP contribution in [0.5, 0.6) is 0 Å². The van der Waals surface area contributed by atoms with E-state index in [1.165, 1.54) is 51.4 Å². The van der Waals surface area contributed by atoms with Crippen LogP contribution in [-0.4, -0.2) is 52.1 Å². The first kappa shape index (κ1) is 13.6. The summed E-state index contributed by atoms with van der Waals surface area (Å²) in [6, 6.07) is 0. The van der Waals surface area contributed by atoms with E-state index in [2.05, 4.69) is 39.4 Å². The minimum absolute atomic E-state index is 1.00. The van der Waals surface area contributed by atoms with Gasteiger partial charge in [-0.1, -0.05) is 13.3 Å². The fourth-order valence-corrected chi connectivity index (χ4v) is 2.53. The van der Waals surface area contributed by atoms with E-state index in [1.54, 1.807) is 0 Å². The molecule has 4 nitrogen and oxygen atoms in total. The Morgan fingerprint density at radius 3 is 2.50 bits per heavy atom. The van der Waals surface area contributed by atoms with Crippen LogP contribution >= 0.6 is 0 Å². The molecule has 1 aromatic heterocycles. The number of aryl methyl sites for hydroxylation is 1. The van der Waals surface area contributed by atoms with Gasteiger partial charge in [-0.05, 0) is 19.9 Å². The van der Waals surface area contributed by atoms with E-state index in [0.717, 1.165) is 13.1 Å². The summed E-state index contributed by atoms with van der Waals surface area (Å²) in [4.78, 5) is 9.57. The van der Waals surface area contributed by atoms with Crippen LogP contribution in [-0.2, 0) is 13.1 Å². The van der Waals surface area contributed by atoms with Gasteiger partial charge in [-0.15, -0.1) is 0 Å². The molecule has 0 amide bonds. The fourth-order valence-electron chi connectivity index (χ4n) is 2.53. The molecule has 1 aromatic rings. The standard InChI is InChI=1S/C14H26N4/c1-3-5-7-16-9-11-17(12-10-16)13-14-15-6-8-18(14)4-2/h6,8H,3-5,7,9-13H2,1-2H3. The van der Waals surface area contributed by atoms with E-state index >= 15 is 0 Å². The number of imidazole rings is 1. The lowest BCUT2D eigenvalue weighted by Crippen LogP contribution is -2.46. The zero-order chi connectivity index (χ0) is 12.8. The number of rotatable bonds is 6. The second kappa shape index (κ2) is 6.90. The van der Waals surface area contributed by atoms with Gasteiger partial charge >= 0.3 is 0 Å². The van der Waals surface area contributed by atoms with Crippen LogP contribution in [0.25, 0.3) is 0 Å². The van der Waals surface area contributed by atoms with Crippen molar-refractivity contribution in [1.29, 1.82) is 0 Å². The minimum Gasteiger partial charge on any atom is -0.334 e. The maximum atomic E-state index is 4.46. The Kier molecular flexibility index (Phi) is 5.20. The van der Waals surface area contributed by atoms with Gasteiger partial charge in [-0.2, -0.15) is 0 Å². The number of aromatic nitrogens is 2. The van der Waals surface area contributed by atoms with Crippen LogP contribution in [0, 0.1) is 0 Å². The summed E-state index contributed by atoms with van der Waals surface area (Å²) in [5, 5.41) is 0. The Morgan fingerprint density at radius 1 is 1.11 bits per heavy atom. The van der Waals surface area contributed by atoms with Crippen molar-refractivity contribution in [2.24, 2.45) is 0 Å². The topological polar surface area (TPSA) is 24.3 Å². The third-order valence-corrected chi connectivity index (χ3v) is 3.80. The van der Waals surface area contributed by atoms with Gasteiger partial charge in [0.15, 0.2) is 0 Å². The SMILES string of the molecule is CCCCN1CCN(Cc2nccn2CC)CC1. The summed E-state index contributed by atoms with van der Waals surface area (Å²) in [6.45, 7) is 12.5. The molecule has 0 aliphatic carbocycles. The maximum Gasteiger partial charge on any atom is 0.122 e. The summed E-state index contributed by atoms with van der Waals surface area (Å²) < 4.78 is 2.24. The third-order valence-electron chi connectivity index (χ3n) is 3.80. The van der Waals surface area contributed by atoms with Crippen molar-refractivity contribution in [3.63, 3.8) is 0 Å². The Labute approximate surface area is 111 Å². The first-order valence-corrected chi connectivity index (χ1v) is 7.28. The van der Waals surface area contributed by atoms with Crippen molar-refractivity contribution >= 4 is 0 Å². The lowest BCUT2D eigenvalue weighted by molar-refractivity contribution is 0.123. The lowest BCUT2D eigenvalue weighted by Gasteiger charge is -2.34. The molecular weight excluding hydrogens is 224 g/mol. The van der Waals surface area contributed by atoms with Crippen LogP contribution in [0.1, 0.15) is 32.5 Å². The van der Waals surface area contributed by atoms with Gasteiger partial charge < -0.3 is 9.47 Å². The molecule has 0 radical (unpaired) electrons. The second-order valence-corrected chi connectivity index (χ2v) is 5.10. The van der Waals surface area contributed by atoms with Crippen LogP contribution in [0.4, 0.5) is 0 Å². The van der Waals surface area contributed by atoms with E-state index in [9.17, 15) is 0 Å². The van der Waals surface area contributed by atoms with Gasteiger partial charge in [0, 0.05) is 45.1 Å². The zero-order valence-corrected chi connectivity index (χ0v) is 11.8.